The molecule has 0 aliphatic heterocycles. The molecule has 1 aromatic heterocycles. The molecular weight excluding hydrogens is 205 g/mol. The summed E-state index contributed by atoms with van der Waals surface area (Å²) < 4.78 is 15.5. The summed E-state index contributed by atoms with van der Waals surface area (Å²) in [5, 5.41) is 4.12. The SMILES string of the molecule is CCn1cc(-c2ccc(CN)cc2F)cn1. The molecule has 1 aromatic carbocycles. The number of aryl methyl sites for hydroxylation is 1. The Hall–Kier alpha value is -1.68. The van der Waals surface area contributed by atoms with E-state index in [1.54, 1.807) is 16.9 Å². The first kappa shape index (κ1) is 10.8. The predicted molar refractivity (Wildman–Crippen MR) is 61.2 cm³/mol. The first-order valence-electron chi connectivity index (χ1n) is 5.26. The van der Waals surface area contributed by atoms with Gasteiger partial charge in [0.25, 0.3) is 0 Å². The average molecular weight is 219 g/mol. The third kappa shape index (κ3) is 1.97. The molecule has 0 saturated heterocycles. The molecule has 0 amide bonds. The summed E-state index contributed by atoms with van der Waals surface area (Å²) in [6.45, 7) is 3.12. The van der Waals surface area contributed by atoms with E-state index in [-0.39, 0.29) is 5.82 Å². The molecule has 1 heterocycles. The minimum Gasteiger partial charge on any atom is -0.326 e. The van der Waals surface area contributed by atoms with Crippen molar-refractivity contribution in [2.24, 2.45) is 5.73 Å². The van der Waals surface area contributed by atoms with Crippen LogP contribution in [-0.2, 0) is 13.1 Å². The van der Waals surface area contributed by atoms with Gasteiger partial charge in [0.05, 0.1) is 6.20 Å². The molecule has 0 aliphatic carbocycles. The van der Waals surface area contributed by atoms with E-state index >= 15 is 0 Å². The van der Waals surface area contributed by atoms with Crippen LogP contribution in [0.2, 0.25) is 0 Å². The molecule has 2 N–H and O–H groups in total. The molecule has 2 aromatic rings. The predicted octanol–water partition coefficient (Wildman–Crippen LogP) is 2.17. The number of halogens is 1. The molecule has 0 aliphatic rings. The van der Waals surface area contributed by atoms with Crippen LogP contribution in [-0.4, -0.2) is 9.78 Å². The minimum atomic E-state index is -0.251. The van der Waals surface area contributed by atoms with E-state index in [0.717, 1.165) is 17.7 Å². The first-order valence-corrected chi connectivity index (χ1v) is 5.26. The Bertz CT molecular complexity index is 491. The van der Waals surface area contributed by atoms with Crippen LogP contribution in [0.25, 0.3) is 11.1 Å². The Labute approximate surface area is 93.7 Å². The number of benzene rings is 1. The lowest BCUT2D eigenvalue weighted by atomic mass is 10.1. The van der Waals surface area contributed by atoms with Crippen molar-refractivity contribution < 1.29 is 4.39 Å². The van der Waals surface area contributed by atoms with E-state index in [9.17, 15) is 4.39 Å². The van der Waals surface area contributed by atoms with Crippen molar-refractivity contribution in [3.8, 4) is 11.1 Å². The van der Waals surface area contributed by atoms with Gasteiger partial charge in [0.2, 0.25) is 0 Å². The maximum absolute atomic E-state index is 13.7. The molecule has 4 heteroatoms. The fraction of sp³-hybridized carbons (Fsp3) is 0.250. The van der Waals surface area contributed by atoms with E-state index in [4.69, 9.17) is 5.73 Å². The maximum Gasteiger partial charge on any atom is 0.131 e. The Balaban J connectivity index is 2.40. The quantitative estimate of drug-likeness (QED) is 0.859. The largest absolute Gasteiger partial charge is 0.326 e. The van der Waals surface area contributed by atoms with Crippen LogP contribution in [0, 0.1) is 5.82 Å². The van der Waals surface area contributed by atoms with Gasteiger partial charge in [-0.1, -0.05) is 12.1 Å². The smallest absolute Gasteiger partial charge is 0.131 e. The number of hydrogen-bond acceptors (Lipinski definition) is 2. The van der Waals surface area contributed by atoms with Crippen molar-refractivity contribution in [1.29, 1.82) is 0 Å². The number of aromatic nitrogens is 2. The molecule has 84 valence electrons. The second-order valence-corrected chi connectivity index (χ2v) is 3.60. The van der Waals surface area contributed by atoms with Crippen LogP contribution in [0.4, 0.5) is 4.39 Å². The van der Waals surface area contributed by atoms with Gasteiger partial charge in [-0.15, -0.1) is 0 Å². The molecule has 0 saturated carbocycles. The second-order valence-electron chi connectivity index (χ2n) is 3.60. The zero-order valence-corrected chi connectivity index (χ0v) is 9.15. The maximum atomic E-state index is 13.7. The van der Waals surface area contributed by atoms with E-state index in [0.29, 0.717) is 12.1 Å². The van der Waals surface area contributed by atoms with Crippen LogP contribution < -0.4 is 5.73 Å². The lowest BCUT2D eigenvalue weighted by molar-refractivity contribution is 0.628. The van der Waals surface area contributed by atoms with Gasteiger partial charge in [-0.2, -0.15) is 5.10 Å². The molecule has 0 atom stereocenters. The van der Waals surface area contributed by atoms with Gasteiger partial charge >= 0.3 is 0 Å². The molecular formula is C12H14FN3. The summed E-state index contributed by atoms with van der Waals surface area (Å²) in [4.78, 5) is 0. The van der Waals surface area contributed by atoms with Gasteiger partial charge in [-0.3, -0.25) is 4.68 Å². The molecule has 0 radical (unpaired) electrons. The molecule has 16 heavy (non-hydrogen) atoms. The third-order valence-corrected chi connectivity index (χ3v) is 2.54. The van der Waals surface area contributed by atoms with Crippen molar-refractivity contribution in [1.82, 2.24) is 9.78 Å². The van der Waals surface area contributed by atoms with Crippen molar-refractivity contribution in [2.45, 2.75) is 20.0 Å². The van der Waals surface area contributed by atoms with Gasteiger partial charge in [-0.25, -0.2) is 4.39 Å². The molecule has 0 bridgehead atoms. The van der Waals surface area contributed by atoms with Crippen LogP contribution in [0.3, 0.4) is 0 Å². The Morgan fingerprint density at radius 1 is 1.44 bits per heavy atom. The zero-order valence-electron chi connectivity index (χ0n) is 9.15. The highest BCUT2D eigenvalue weighted by atomic mass is 19.1. The lowest BCUT2D eigenvalue weighted by Gasteiger charge is -2.02. The van der Waals surface area contributed by atoms with Crippen LogP contribution in [0.15, 0.2) is 30.6 Å². The number of hydrogen-bond donors (Lipinski definition) is 1. The van der Waals surface area contributed by atoms with Gasteiger partial charge in [0.1, 0.15) is 5.82 Å². The standard InChI is InChI=1S/C12H14FN3/c1-2-16-8-10(7-15-16)11-4-3-9(6-14)5-12(11)13/h3-5,7-8H,2,6,14H2,1H3. The number of nitrogens with two attached hydrogens (primary N) is 1. The van der Waals surface area contributed by atoms with E-state index in [1.165, 1.54) is 6.07 Å². The topological polar surface area (TPSA) is 43.8 Å². The fourth-order valence-corrected chi connectivity index (χ4v) is 1.60. The summed E-state index contributed by atoms with van der Waals surface area (Å²) in [6, 6.07) is 5.05. The second kappa shape index (κ2) is 4.45. The minimum absolute atomic E-state index is 0.251. The zero-order chi connectivity index (χ0) is 11.5. The normalized spacial score (nSPS) is 10.7. The summed E-state index contributed by atoms with van der Waals surface area (Å²) in [5.74, 6) is -0.251. The highest BCUT2D eigenvalue weighted by molar-refractivity contribution is 5.62. The van der Waals surface area contributed by atoms with E-state index in [1.807, 2.05) is 19.2 Å². The average Bonchev–Trinajstić information content (AvgIpc) is 2.77. The molecule has 0 fully saturated rings. The Morgan fingerprint density at radius 3 is 2.81 bits per heavy atom. The van der Waals surface area contributed by atoms with Gasteiger partial charge < -0.3 is 5.73 Å². The van der Waals surface area contributed by atoms with Gasteiger partial charge in [0.15, 0.2) is 0 Å². The summed E-state index contributed by atoms with van der Waals surface area (Å²) in [7, 11) is 0. The van der Waals surface area contributed by atoms with Crippen LogP contribution in [0.5, 0.6) is 0 Å². The molecule has 0 unspecified atom stereocenters. The van der Waals surface area contributed by atoms with Crippen molar-refractivity contribution in [3.05, 3.63) is 42.0 Å². The lowest BCUT2D eigenvalue weighted by Crippen LogP contribution is -1.97. The monoisotopic (exact) mass is 219 g/mol. The van der Waals surface area contributed by atoms with Crippen molar-refractivity contribution in [2.75, 3.05) is 0 Å². The Morgan fingerprint density at radius 2 is 2.25 bits per heavy atom. The third-order valence-electron chi connectivity index (χ3n) is 2.54. The molecule has 2 rings (SSSR count). The molecule has 0 spiro atoms. The van der Waals surface area contributed by atoms with Crippen molar-refractivity contribution >= 4 is 0 Å². The first-order chi connectivity index (χ1) is 7.74. The number of nitrogens with zero attached hydrogens (tertiary/aromatic N) is 2. The van der Waals surface area contributed by atoms with Crippen LogP contribution >= 0.6 is 0 Å². The van der Waals surface area contributed by atoms with E-state index in [2.05, 4.69) is 5.10 Å². The van der Waals surface area contributed by atoms with E-state index < -0.39 is 0 Å². The fourth-order valence-electron chi connectivity index (χ4n) is 1.60. The summed E-state index contributed by atoms with van der Waals surface area (Å²) >= 11 is 0. The van der Waals surface area contributed by atoms with Gasteiger partial charge in [-0.05, 0) is 18.6 Å². The van der Waals surface area contributed by atoms with Crippen LogP contribution in [0.1, 0.15) is 12.5 Å². The Kier molecular flexibility index (Phi) is 3.01. The summed E-state index contributed by atoms with van der Waals surface area (Å²) in [6.07, 6.45) is 3.50. The summed E-state index contributed by atoms with van der Waals surface area (Å²) in [5.41, 5.74) is 7.61. The molecule has 3 nitrogen and oxygen atoms in total. The highest BCUT2D eigenvalue weighted by Crippen LogP contribution is 2.22. The highest BCUT2D eigenvalue weighted by Gasteiger charge is 2.07. The number of rotatable bonds is 3. The van der Waals surface area contributed by atoms with Crippen molar-refractivity contribution in [3.63, 3.8) is 0 Å². The van der Waals surface area contributed by atoms with Gasteiger partial charge in [0, 0.05) is 30.4 Å².